The third kappa shape index (κ3) is 1.49. The van der Waals surface area contributed by atoms with Crippen molar-refractivity contribution in [1.82, 2.24) is 9.38 Å². The first-order valence-corrected chi connectivity index (χ1v) is 5.18. The SMILES string of the molecule is O=P(O)(O)c1cn2ccccc2n1. The minimum Gasteiger partial charge on any atom is -0.320 e. The molecule has 6 heteroatoms. The van der Waals surface area contributed by atoms with Gasteiger partial charge in [0.05, 0.1) is 0 Å². The molecule has 0 saturated carbocycles. The van der Waals surface area contributed by atoms with Crippen molar-refractivity contribution in [2.45, 2.75) is 0 Å². The van der Waals surface area contributed by atoms with Crippen molar-refractivity contribution in [3.63, 3.8) is 0 Å². The number of hydrogen-bond donors (Lipinski definition) is 2. The molecule has 0 amide bonds. The molecule has 0 aliphatic heterocycles. The fraction of sp³-hybridized carbons (Fsp3) is 0. The maximum absolute atomic E-state index is 10.8. The molecule has 0 aliphatic rings. The van der Waals surface area contributed by atoms with Crippen molar-refractivity contribution < 1.29 is 14.4 Å². The molecule has 0 atom stereocenters. The first kappa shape index (κ1) is 8.44. The second-order valence-corrected chi connectivity index (χ2v) is 4.16. The second kappa shape index (κ2) is 2.67. The Labute approximate surface area is 73.8 Å². The van der Waals surface area contributed by atoms with Crippen LogP contribution in [0, 0.1) is 0 Å². The Hall–Kier alpha value is -1.16. The van der Waals surface area contributed by atoms with E-state index in [2.05, 4.69) is 4.98 Å². The molecule has 2 rings (SSSR count). The van der Waals surface area contributed by atoms with E-state index >= 15 is 0 Å². The van der Waals surface area contributed by atoms with E-state index in [4.69, 9.17) is 9.79 Å². The minimum absolute atomic E-state index is 0.196. The second-order valence-electron chi connectivity index (χ2n) is 2.61. The zero-order chi connectivity index (χ0) is 9.47. The van der Waals surface area contributed by atoms with E-state index in [1.807, 2.05) is 0 Å². The van der Waals surface area contributed by atoms with Crippen molar-refractivity contribution in [2.24, 2.45) is 0 Å². The molecule has 13 heavy (non-hydrogen) atoms. The summed E-state index contributed by atoms with van der Waals surface area (Å²) >= 11 is 0. The van der Waals surface area contributed by atoms with Gasteiger partial charge in [0, 0.05) is 12.4 Å². The summed E-state index contributed by atoms with van der Waals surface area (Å²) in [5, 5.41) is 0. The number of nitrogens with zero attached hydrogens (tertiary/aromatic N) is 2. The third-order valence-corrected chi connectivity index (χ3v) is 2.46. The highest BCUT2D eigenvalue weighted by Gasteiger charge is 2.20. The van der Waals surface area contributed by atoms with Crippen molar-refractivity contribution >= 4 is 18.7 Å². The molecule has 2 N–H and O–H groups in total. The van der Waals surface area contributed by atoms with Gasteiger partial charge in [0.25, 0.3) is 0 Å². The molecule has 0 spiro atoms. The molecule has 5 nitrogen and oxygen atoms in total. The van der Waals surface area contributed by atoms with Crippen molar-refractivity contribution in [3.8, 4) is 0 Å². The summed E-state index contributed by atoms with van der Waals surface area (Å²) in [6.45, 7) is 0. The molecule has 68 valence electrons. The summed E-state index contributed by atoms with van der Waals surface area (Å²) in [6.07, 6.45) is 3.01. The van der Waals surface area contributed by atoms with Crippen LogP contribution in [0.4, 0.5) is 0 Å². The zero-order valence-electron chi connectivity index (χ0n) is 6.53. The lowest BCUT2D eigenvalue weighted by molar-refractivity contribution is 0.386. The lowest BCUT2D eigenvalue weighted by Crippen LogP contribution is -2.03. The van der Waals surface area contributed by atoms with Crippen LogP contribution in [0.2, 0.25) is 0 Å². The van der Waals surface area contributed by atoms with Crippen molar-refractivity contribution in [1.29, 1.82) is 0 Å². The van der Waals surface area contributed by atoms with Gasteiger partial charge in [-0.15, -0.1) is 0 Å². The van der Waals surface area contributed by atoms with Gasteiger partial charge in [-0.3, -0.25) is 4.57 Å². The number of imidazole rings is 1. The van der Waals surface area contributed by atoms with Crippen LogP contribution in [-0.4, -0.2) is 19.2 Å². The van der Waals surface area contributed by atoms with Crippen LogP contribution in [0.1, 0.15) is 0 Å². The molecule has 0 aromatic carbocycles. The molecule has 2 heterocycles. The number of pyridine rings is 1. The maximum Gasteiger partial charge on any atom is 0.376 e. The summed E-state index contributed by atoms with van der Waals surface area (Å²) in [6, 6.07) is 5.20. The summed E-state index contributed by atoms with van der Waals surface area (Å²) < 4.78 is 12.4. The van der Waals surface area contributed by atoms with Gasteiger partial charge in [-0.1, -0.05) is 6.07 Å². The van der Waals surface area contributed by atoms with Crippen LogP contribution in [0.25, 0.3) is 5.65 Å². The Morgan fingerprint density at radius 1 is 1.38 bits per heavy atom. The number of hydrogen-bond acceptors (Lipinski definition) is 2. The van der Waals surface area contributed by atoms with Crippen LogP contribution in [0.15, 0.2) is 30.6 Å². The zero-order valence-corrected chi connectivity index (χ0v) is 7.43. The molecule has 0 aliphatic carbocycles. The van der Waals surface area contributed by atoms with Gasteiger partial charge in [0.15, 0.2) is 5.44 Å². The van der Waals surface area contributed by atoms with E-state index in [9.17, 15) is 4.57 Å². The molecule has 0 fully saturated rings. The highest BCUT2D eigenvalue weighted by molar-refractivity contribution is 7.60. The van der Waals surface area contributed by atoms with E-state index in [0.717, 1.165) is 0 Å². The van der Waals surface area contributed by atoms with Crippen LogP contribution in [0.5, 0.6) is 0 Å². The number of fused-ring (bicyclic) bond motifs is 1. The van der Waals surface area contributed by atoms with E-state index in [-0.39, 0.29) is 5.44 Å². The fourth-order valence-electron chi connectivity index (χ4n) is 1.06. The molecule has 2 aromatic rings. The molecular weight excluding hydrogens is 191 g/mol. The van der Waals surface area contributed by atoms with Crippen molar-refractivity contribution in [3.05, 3.63) is 30.6 Å². The quantitative estimate of drug-likeness (QED) is 0.639. The topological polar surface area (TPSA) is 74.8 Å². The first-order chi connectivity index (χ1) is 6.07. The Balaban J connectivity index is 2.69. The summed E-state index contributed by atoms with van der Waals surface area (Å²) in [5.41, 5.74) is 0.333. The van der Waals surface area contributed by atoms with Crippen LogP contribution >= 0.6 is 7.60 Å². The predicted octanol–water partition coefficient (Wildman–Crippen LogP) is 0.137. The van der Waals surface area contributed by atoms with Crippen LogP contribution < -0.4 is 5.44 Å². The third-order valence-electron chi connectivity index (χ3n) is 1.65. The number of aromatic nitrogens is 2. The Morgan fingerprint density at radius 2 is 2.15 bits per heavy atom. The van der Waals surface area contributed by atoms with Gasteiger partial charge < -0.3 is 14.2 Å². The molecule has 0 bridgehead atoms. The Morgan fingerprint density at radius 3 is 2.77 bits per heavy atom. The van der Waals surface area contributed by atoms with Gasteiger partial charge in [0.1, 0.15) is 5.65 Å². The van der Waals surface area contributed by atoms with Gasteiger partial charge in [0.2, 0.25) is 0 Å². The summed E-state index contributed by atoms with van der Waals surface area (Å²) in [7, 11) is -4.22. The highest BCUT2D eigenvalue weighted by Crippen LogP contribution is 2.32. The Kier molecular flexibility index (Phi) is 1.73. The largest absolute Gasteiger partial charge is 0.376 e. The summed E-state index contributed by atoms with van der Waals surface area (Å²) in [5.74, 6) is 0. The number of rotatable bonds is 1. The van der Waals surface area contributed by atoms with Gasteiger partial charge in [-0.25, -0.2) is 4.98 Å². The molecular formula is C7H7N2O3P. The van der Waals surface area contributed by atoms with E-state index in [0.29, 0.717) is 5.65 Å². The standard InChI is InChI=1S/C7H7N2O3P/c10-13(11,12)7-5-9-4-2-1-3-6(9)8-7/h1-5H,(H2,10,11,12). The van der Waals surface area contributed by atoms with E-state index < -0.39 is 7.60 Å². The van der Waals surface area contributed by atoms with Crippen LogP contribution in [-0.2, 0) is 4.57 Å². The normalized spacial score (nSPS) is 12.2. The fourth-order valence-corrected chi connectivity index (χ4v) is 1.57. The van der Waals surface area contributed by atoms with E-state index in [1.165, 1.54) is 6.20 Å². The summed E-state index contributed by atoms with van der Waals surface area (Å²) in [4.78, 5) is 21.4. The van der Waals surface area contributed by atoms with Crippen LogP contribution in [0.3, 0.4) is 0 Å². The highest BCUT2D eigenvalue weighted by atomic mass is 31.2. The first-order valence-electron chi connectivity index (χ1n) is 3.57. The molecule has 0 radical (unpaired) electrons. The van der Waals surface area contributed by atoms with Gasteiger partial charge in [-0.2, -0.15) is 0 Å². The van der Waals surface area contributed by atoms with E-state index in [1.54, 1.807) is 28.8 Å². The maximum atomic E-state index is 10.8. The Bertz CT molecular complexity index is 454. The van der Waals surface area contributed by atoms with Gasteiger partial charge >= 0.3 is 7.60 Å². The smallest absolute Gasteiger partial charge is 0.320 e. The average molecular weight is 198 g/mol. The molecule has 0 unspecified atom stereocenters. The average Bonchev–Trinajstić information content (AvgIpc) is 2.45. The predicted molar refractivity (Wildman–Crippen MR) is 46.9 cm³/mol. The lowest BCUT2D eigenvalue weighted by atomic mass is 10.5. The minimum atomic E-state index is -4.22. The monoisotopic (exact) mass is 198 g/mol. The molecule has 2 aromatic heterocycles. The molecule has 0 saturated heterocycles. The van der Waals surface area contributed by atoms with Crippen molar-refractivity contribution in [2.75, 3.05) is 0 Å². The van der Waals surface area contributed by atoms with Gasteiger partial charge in [-0.05, 0) is 12.1 Å². The lowest BCUT2D eigenvalue weighted by Gasteiger charge is -1.94.